The lowest BCUT2D eigenvalue weighted by molar-refractivity contribution is 0.0697. The molecule has 0 amide bonds. The summed E-state index contributed by atoms with van der Waals surface area (Å²) in [6, 6.07) is 0.266. The number of carboxylic acids is 1. The van der Waals surface area contributed by atoms with Crippen molar-refractivity contribution in [3.05, 3.63) is 11.8 Å². The van der Waals surface area contributed by atoms with Crippen LogP contribution in [-0.2, 0) is 4.74 Å². The third-order valence-corrected chi connectivity index (χ3v) is 3.58. The monoisotopic (exact) mass is 237 g/mol. The van der Waals surface area contributed by atoms with Gasteiger partial charge in [0.25, 0.3) is 0 Å². The molecule has 2 aliphatic rings. The zero-order valence-electron chi connectivity index (χ0n) is 9.43. The molecule has 17 heavy (non-hydrogen) atoms. The van der Waals surface area contributed by atoms with E-state index >= 15 is 0 Å². The zero-order chi connectivity index (χ0) is 11.8. The van der Waals surface area contributed by atoms with Gasteiger partial charge in [-0.05, 0) is 12.8 Å². The van der Waals surface area contributed by atoms with Crippen LogP contribution in [0, 0.1) is 5.92 Å². The average molecular weight is 237 g/mol. The van der Waals surface area contributed by atoms with Crippen molar-refractivity contribution >= 4 is 11.8 Å². The van der Waals surface area contributed by atoms with Crippen LogP contribution in [0.1, 0.15) is 29.2 Å². The Morgan fingerprint density at radius 1 is 1.59 bits per heavy atom. The van der Waals surface area contributed by atoms with Crippen molar-refractivity contribution in [1.82, 2.24) is 9.78 Å². The van der Waals surface area contributed by atoms with Gasteiger partial charge in [0, 0.05) is 19.1 Å². The van der Waals surface area contributed by atoms with Crippen LogP contribution < -0.4 is 5.32 Å². The molecule has 3 rings (SSSR count). The Hall–Kier alpha value is -1.56. The van der Waals surface area contributed by atoms with Crippen molar-refractivity contribution in [2.24, 2.45) is 5.92 Å². The summed E-state index contributed by atoms with van der Waals surface area (Å²) in [7, 11) is 0. The summed E-state index contributed by atoms with van der Waals surface area (Å²) >= 11 is 0. The van der Waals surface area contributed by atoms with Crippen molar-refractivity contribution in [3.8, 4) is 0 Å². The summed E-state index contributed by atoms with van der Waals surface area (Å²) < 4.78 is 7.23. The summed E-state index contributed by atoms with van der Waals surface area (Å²) in [5, 5.41) is 16.4. The summed E-state index contributed by atoms with van der Waals surface area (Å²) in [6.07, 6.45) is 3.44. The molecule has 2 unspecified atom stereocenters. The number of rotatable bonds is 2. The normalized spacial score (nSPS) is 27.5. The Balaban J connectivity index is 1.94. The van der Waals surface area contributed by atoms with Gasteiger partial charge in [0.05, 0.1) is 18.8 Å². The summed E-state index contributed by atoms with van der Waals surface area (Å²) in [5.74, 6) is 0.167. The lowest BCUT2D eigenvalue weighted by atomic mass is 9.95. The van der Waals surface area contributed by atoms with Gasteiger partial charge in [0.15, 0.2) is 0 Å². The Morgan fingerprint density at radius 3 is 3.18 bits per heavy atom. The van der Waals surface area contributed by atoms with Crippen LogP contribution in [-0.4, -0.2) is 40.6 Å². The Bertz CT molecular complexity index is 437. The lowest BCUT2D eigenvalue weighted by Crippen LogP contribution is -2.30. The highest BCUT2D eigenvalue weighted by molar-refractivity contribution is 5.93. The van der Waals surface area contributed by atoms with Crippen molar-refractivity contribution in [1.29, 1.82) is 0 Å². The maximum atomic E-state index is 11.0. The molecule has 6 heteroatoms. The van der Waals surface area contributed by atoms with E-state index in [4.69, 9.17) is 9.84 Å². The number of anilines is 1. The molecule has 0 aromatic carbocycles. The van der Waals surface area contributed by atoms with Gasteiger partial charge in [-0.15, -0.1) is 0 Å². The van der Waals surface area contributed by atoms with E-state index in [1.807, 2.05) is 4.68 Å². The number of nitrogens with one attached hydrogen (secondary N) is 1. The number of nitrogens with zero attached hydrogens (tertiary/aromatic N) is 2. The predicted molar refractivity (Wildman–Crippen MR) is 60.3 cm³/mol. The Kier molecular flexibility index (Phi) is 2.51. The smallest absolute Gasteiger partial charge is 0.341 e. The number of carboxylic acid groups (broad SMARTS) is 1. The van der Waals surface area contributed by atoms with Crippen molar-refractivity contribution in [2.45, 2.75) is 18.9 Å². The van der Waals surface area contributed by atoms with Crippen LogP contribution in [0.3, 0.4) is 0 Å². The van der Waals surface area contributed by atoms with E-state index in [1.54, 1.807) is 0 Å². The van der Waals surface area contributed by atoms with E-state index in [1.165, 1.54) is 6.20 Å². The number of carbonyl (C=O) groups is 1. The molecular weight excluding hydrogens is 222 g/mol. The molecule has 3 heterocycles. The highest BCUT2D eigenvalue weighted by atomic mass is 16.5. The number of fused-ring (bicyclic) bond motifs is 1. The maximum absolute atomic E-state index is 11.0. The number of aromatic nitrogens is 2. The molecule has 1 aromatic heterocycles. The van der Waals surface area contributed by atoms with Crippen LogP contribution in [0.5, 0.6) is 0 Å². The minimum atomic E-state index is -0.929. The molecule has 1 aromatic rings. The second-order valence-electron chi connectivity index (χ2n) is 4.56. The van der Waals surface area contributed by atoms with E-state index < -0.39 is 5.97 Å². The minimum absolute atomic E-state index is 0.258. The second-order valence-corrected chi connectivity index (χ2v) is 4.56. The molecule has 0 saturated carbocycles. The third kappa shape index (κ3) is 1.68. The van der Waals surface area contributed by atoms with Crippen LogP contribution >= 0.6 is 0 Å². The van der Waals surface area contributed by atoms with E-state index in [9.17, 15) is 4.79 Å². The first-order valence-electron chi connectivity index (χ1n) is 5.90. The fourth-order valence-electron chi connectivity index (χ4n) is 2.70. The fourth-order valence-corrected chi connectivity index (χ4v) is 2.70. The van der Waals surface area contributed by atoms with Crippen molar-refractivity contribution in [2.75, 3.05) is 25.1 Å². The molecule has 6 nitrogen and oxygen atoms in total. The van der Waals surface area contributed by atoms with Gasteiger partial charge in [-0.1, -0.05) is 0 Å². The molecule has 2 N–H and O–H groups in total. The van der Waals surface area contributed by atoms with Crippen LogP contribution in [0.4, 0.5) is 5.82 Å². The highest BCUT2D eigenvalue weighted by Crippen LogP contribution is 2.35. The fraction of sp³-hybridized carbons (Fsp3) is 0.636. The summed E-state index contributed by atoms with van der Waals surface area (Å²) in [5.41, 5.74) is 0.258. The van der Waals surface area contributed by atoms with E-state index in [0.29, 0.717) is 11.7 Å². The Labute approximate surface area is 98.6 Å². The number of ether oxygens (including phenoxy) is 1. The standard InChI is InChI=1S/C11H15N3O3/c15-11(16)8-5-13-14-9(1-3-12-10(8)14)7-2-4-17-6-7/h5,7,9,12H,1-4,6H2,(H,15,16). The summed E-state index contributed by atoms with van der Waals surface area (Å²) in [6.45, 7) is 2.36. The van der Waals surface area contributed by atoms with Gasteiger partial charge < -0.3 is 15.2 Å². The maximum Gasteiger partial charge on any atom is 0.341 e. The zero-order valence-corrected chi connectivity index (χ0v) is 9.43. The van der Waals surface area contributed by atoms with Crippen LogP contribution in [0.25, 0.3) is 0 Å². The SMILES string of the molecule is O=C(O)c1cnn2c1NCCC2C1CCOC1. The van der Waals surface area contributed by atoms with Crippen LogP contribution in [0.15, 0.2) is 6.20 Å². The topological polar surface area (TPSA) is 76.4 Å². The molecule has 2 aliphatic heterocycles. The van der Waals surface area contributed by atoms with E-state index in [0.717, 1.165) is 32.6 Å². The van der Waals surface area contributed by atoms with Crippen molar-refractivity contribution in [3.63, 3.8) is 0 Å². The molecule has 2 atom stereocenters. The molecule has 0 aliphatic carbocycles. The van der Waals surface area contributed by atoms with Gasteiger partial charge in [0.1, 0.15) is 11.4 Å². The molecule has 1 saturated heterocycles. The first-order valence-corrected chi connectivity index (χ1v) is 5.90. The Morgan fingerprint density at radius 2 is 2.47 bits per heavy atom. The summed E-state index contributed by atoms with van der Waals surface area (Å²) in [4.78, 5) is 11.0. The molecule has 92 valence electrons. The molecule has 0 radical (unpaired) electrons. The number of aromatic carboxylic acids is 1. The van der Waals surface area contributed by atoms with Gasteiger partial charge in [-0.25, -0.2) is 9.48 Å². The second kappa shape index (κ2) is 4.03. The molecule has 1 fully saturated rings. The predicted octanol–water partition coefficient (Wildman–Crippen LogP) is 0.974. The highest BCUT2D eigenvalue weighted by Gasteiger charge is 2.33. The van der Waals surface area contributed by atoms with Gasteiger partial charge in [-0.2, -0.15) is 5.10 Å². The van der Waals surface area contributed by atoms with Gasteiger partial charge in [0.2, 0.25) is 0 Å². The van der Waals surface area contributed by atoms with E-state index in [2.05, 4.69) is 10.4 Å². The van der Waals surface area contributed by atoms with Crippen molar-refractivity contribution < 1.29 is 14.6 Å². The molecule has 0 bridgehead atoms. The largest absolute Gasteiger partial charge is 0.477 e. The average Bonchev–Trinajstić information content (AvgIpc) is 2.97. The number of hydrogen-bond acceptors (Lipinski definition) is 4. The number of hydrogen-bond donors (Lipinski definition) is 2. The minimum Gasteiger partial charge on any atom is -0.477 e. The van der Waals surface area contributed by atoms with E-state index in [-0.39, 0.29) is 11.6 Å². The van der Waals surface area contributed by atoms with Gasteiger partial charge >= 0.3 is 5.97 Å². The van der Waals surface area contributed by atoms with Crippen LogP contribution in [0.2, 0.25) is 0 Å². The molecule has 0 spiro atoms. The first-order chi connectivity index (χ1) is 8.27. The quantitative estimate of drug-likeness (QED) is 0.801. The first kappa shape index (κ1) is 10.6. The van der Waals surface area contributed by atoms with Gasteiger partial charge in [-0.3, -0.25) is 0 Å². The third-order valence-electron chi connectivity index (χ3n) is 3.58. The lowest BCUT2D eigenvalue weighted by Gasteiger charge is -2.29. The molecular formula is C11H15N3O3.